The minimum atomic E-state index is -0.201. The summed E-state index contributed by atoms with van der Waals surface area (Å²) in [6.45, 7) is 2.54. The van der Waals surface area contributed by atoms with Crippen molar-refractivity contribution in [3.63, 3.8) is 0 Å². The van der Waals surface area contributed by atoms with Gasteiger partial charge >= 0.3 is 6.03 Å². The molecule has 0 bridgehead atoms. The first kappa shape index (κ1) is 23.7. The number of urea groups is 1. The molecule has 3 fully saturated rings. The molecular formula is C24H30Cl2N4O4. The number of aliphatic hydroxyl groups is 1. The van der Waals surface area contributed by atoms with Gasteiger partial charge in [-0.25, -0.2) is 4.79 Å². The molecule has 4 heterocycles. The Morgan fingerprint density at radius 1 is 1.21 bits per heavy atom. The van der Waals surface area contributed by atoms with E-state index in [1.807, 2.05) is 28.0 Å². The second kappa shape index (κ2) is 9.93. The molecule has 0 aliphatic carbocycles. The van der Waals surface area contributed by atoms with E-state index < -0.39 is 0 Å². The highest BCUT2D eigenvalue weighted by Gasteiger charge is 2.38. The lowest BCUT2D eigenvalue weighted by atomic mass is 9.89. The molecule has 34 heavy (non-hydrogen) atoms. The Morgan fingerprint density at radius 3 is 2.71 bits per heavy atom. The Labute approximate surface area is 208 Å². The average molecular weight is 509 g/mol. The van der Waals surface area contributed by atoms with Crippen molar-refractivity contribution in [2.45, 2.75) is 43.4 Å². The molecule has 0 radical (unpaired) electrons. The van der Waals surface area contributed by atoms with E-state index in [1.54, 1.807) is 0 Å². The Bertz CT molecular complexity index is 1060. The Morgan fingerprint density at radius 2 is 1.97 bits per heavy atom. The third kappa shape index (κ3) is 4.49. The Balaban J connectivity index is 1.28. The molecular weight excluding hydrogens is 479 g/mol. The smallest absolute Gasteiger partial charge is 0.320 e. The number of carbonyl (C=O) groups excluding carboxylic acids is 2. The highest BCUT2D eigenvalue weighted by molar-refractivity contribution is 6.31. The van der Waals surface area contributed by atoms with Gasteiger partial charge in [-0.05, 0) is 48.9 Å². The lowest BCUT2D eigenvalue weighted by molar-refractivity contribution is -0.139. The molecule has 184 valence electrons. The van der Waals surface area contributed by atoms with Crippen molar-refractivity contribution in [2.24, 2.45) is 0 Å². The number of alkyl halides is 1. The minimum absolute atomic E-state index is 0.00707. The van der Waals surface area contributed by atoms with Crippen LogP contribution < -0.4 is 5.32 Å². The summed E-state index contributed by atoms with van der Waals surface area (Å²) in [4.78, 5) is 28.7. The van der Waals surface area contributed by atoms with Gasteiger partial charge in [-0.2, -0.15) is 0 Å². The van der Waals surface area contributed by atoms with Gasteiger partial charge in [0, 0.05) is 54.2 Å². The fourth-order valence-electron chi connectivity index (χ4n) is 5.55. The molecule has 0 spiro atoms. The number of morpholine rings is 1. The number of nitrogens with zero attached hydrogens (tertiary/aromatic N) is 3. The largest absolute Gasteiger partial charge is 0.394 e. The van der Waals surface area contributed by atoms with Crippen LogP contribution in [0.4, 0.5) is 4.79 Å². The first-order valence-corrected chi connectivity index (χ1v) is 12.8. The minimum Gasteiger partial charge on any atom is -0.394 e. The van der Waals surface area contributed by atoms with Gasteiger partial charge in [-0.3, -0.25) is 4.79 Å². The topological polar surface area (TPSA) is 87.0 Å². The Kier molecular flexibility index (Phi) is 6.93. The molecule has 10 heteroatoms. The van der Waals surface area contributed by atoms with Crippen molar-refractivity contribution in [2.75, 3.05) is 45.3 Å². The Hall–Kier alpha value is -2.00. The van der Waals surface area contributed by atoms with E-state index in [0.717, 1.165) is 30.2 Å². The van der Waals surface area contributed by atoms with E-state index in [9.17, 15) is 14.7 Å². The molecule has 2 N–H and O–H groups in total. The average Bonchev–Trinajstić information content (AvgIpc) is 3.22. The van der Waals surface area contributed by atoms with Gasteiger partial charge in [-0.1, -0.05) is 11.6 Å². The quantitative estimate of drug-likeness (QED) is 0.621. The highest BCUT2D eigenvalue weighted by atomic mass is 35.5. The van der Waals surface area contributed by atoms with E-state index in [1.165, 1.54) is 5.56 Å². The summed E-state index contributed by atoms with van der Waals surface area (Å²) < 4.78 is 7.66. The number of ether oxygens (including phenoxy) is 1. The number of aliphatic hydroxyl groups excluding tert-OH is 1. The zero-order valence-corrected chi connectivity index (χ0v) is 20.5. The van der Waals surface area contributed by atoms with Crippen LogP contribution in [0, 0.1) is 0 Å². The second-order valence-corrected chi connectivity index (χ2v) is 10.2. The molecule has 3 saturated heterocycles. The van der Waals surface area contributed by atoms with E-state index >= 15 is 0 Å². The van der Waals surface area contributed by atoms with Crippen LogP contribution in [0.15, 0.2) is 24.4 Å². The number of nitrogens with one attached hydrogen (secondary N) is 1. The molecule has 1 aromatic heterocycles. The van der Waals surface area contributed by atoms with E-state index in [0.29, 0.717) is 37.1 Å². The molecule has 2 aromatic rings. The summed E-state index contributed by atoms with van der Waals surface area (Å²) in [5.74, 6) is 0.490. The maximum atomic E-state index is 13.2. The lowest BCUT2D eigenvalue weighted by Gasteiger charge is -2.43. The number of rotatable bonds is 4. The van der Waals surface area contributed by atoms with Gasteiger partial charge in [-0.15, -0.1) is 11.6 Å². The van der Waals surface area contributed by atoms with Crippen LogP contribution in [-0.2, 0) is 9.53 Å². The number of likely N-dealkylation sites (tertiary alicyclic amines) is 2. The van der Waals surface area contributed by atoms with Gasteiger partial charge in [0.15, 0.2) is 0 Å². The molecule has 5 rings (SSSR count). The van der Waals surface area contributed by atoms with Gasteiger partial charge in [0.1, 0.15) is 6.61 Å². The summed E-state index contributed by atoms with van der Waals surface area (Å²) in [5, 5.41) is 14.5. The number of piperidine rings is 2. The molecule has 3 atom stereocenters. The van der Waals surface area contributed by atoms with Crippen LogP contribution in [0.5, 0.6) is 0 Å². The van der Waals surface area contributed by atoms with Crippen molar-refractivity contribution in [3.05, 3.63) is 35.0 Å². The molecule has 0 saturated carbocycles. The van der Waals surface area contributed by atoms with Crippen LogP contribution in [0.2, 0.25) is 5.02 Å². The number of fused-ring (bicyclic) bond motifs is 2. The molecule has 3 aliphatic rings. The molecule has 1 aromatic carbocycles. The zero-order chi connectivity index (χ0) is 23.8. The van der Waals surface area contributed by atoms with Crippen LogP contribution in [0.1, 0.15) is 36.8 Å². The molecule has 8 nitrogen and oxygen atoms in total. The molecule has 3 unspecified atom stereocenters. The summed E-state index contributed by atoms with van der Waals surface area (Å²) in [5.41, 5.74) is 2.20. The van der Waals surface area contributed by atoms with Crippen LogP contribution in [0.25, 0.3) is 10.9 Å². The fraction of sp³-hybridized carbons (Fsp3) is 0.583. The van der Waals surface area contributed by atoms with Crippen LogP contribution in [-0.4, -0.2) is 88.8 Å². The SMILES string of the molecule is O=C1COC2CCN(C(=O)N3CCC(c4cn(C(CO)CCl)c5ccc(Cl)cc45)CC3)CC2N1. The van der Waals surface area contributed by atoms with Gasteiger partial charge < -0.3 is 29.5 Å². The lowest BCUT2D eigenvalue weighted by Crippen LogP contribution is -2.62. The van der Waals surface area contributed by atoms with E-state index in [2.05, 4.69) is 16.1 Å². The normalized spacial score (nSPS) is 24.7. The molecule has 3 aliphatic heterocycles. The maximum absolute atomic E-state index is 13.2. The number of amides is 3. The van der Waals surface area contributed by atoms with Crippen molar-refractivity contribution in [3.8, 4) is 0 Å². The van der Waals surface area contributed by atoms with E-state index in [4.69, 9.17) is 27.9 Å². The van der Waals surface area contributed by atoms with Gasteiger partial charge in [0.25, 0.3) is 0 Å². The first-order valence-electron chi connectivity index (χ1n) is 11.9. The predicted octanol–water partition coefficient (Wildman–Crippen LogP) is 2.96. The zero-order valence-electron chi connectivity index (χ0n) is 19.0. The number of carbonyl (C=O) groups is 2. The van der Waals surface area contributed by atoms with Crippen molar-refractivity contribution in [1.29, 1.82) is 0 Å². The number of aromatic nitrogens is 1. The molecule has 3 amide bonds. The summed E-state index contributed by atoms with van der Waals surface area (Å²) in [6.07, 6.45) is 4.53. The third-order valence-electron chi connectivity index (χ3n) is 7.41. The van der Waals surface area contributed by atoms with Gasteiger partial charge in [0.05, 0.1) is 24.8 Å². The standard InChI is InChI=1S/C24H30Cl2N4O4/c25-10-17(13-31)30-11-19(18-9-16(26)1-2-21(18)30)15-3-6-28(7-4-15)24(33)29-8-5-22-20(12-29)27-23(32)14-34-22/h1-2,9,11,15,17,20,22,31H,3-8,10,12-14H2,(H,27,32). The first-order chi connectivity index (χ1) is 16.5. The number of benzene rings is 1. The third-order valence-corrected chi connectivity index (χ3v) is 8.00. The summed E-state index contributed by atoms with van der Waals surface area (Å²) in [7, 11) is 0. The number of hydrogen-bond donors (Lipinski definition) is 2. The summed E-state index contributed by atoms with van der Waals surface area (Å²) in [6, 6.07) is 5.52. The van der Waals surface area contributed by atoms with Gasteiger partial charge in [0.2, 0.25) is 5.91 Å². The maximum Gasteiger partial charge on any atom is 0.320 e. The monoisotopic (exact) mass is 508 g/mol. The number of halogens is 2. The van der Waals surface area contributed by atoms with Crippen molar-refractivity contribution >= 4 is 46.0 Å². The highest BCUT2D eigenvalue weighted by Crippen LogP contribution is 2.37. The van der Waals surface area contributed by atoms with Crippen molar-refractivity contribution in [1.82, 2.24) is 19.7 Å². The number of hydrogen-bond acceptors (Lipinski definition) is 4. The van der Waals surface area contributed by atoms with E-state index in [-0.39, 0.29) is 49.3 Å². The van der Waals surface area contributed by atoms with Crippen LogP contribution >= 0.6 is 23.2 Å². The summed E-state index contributed by atoms with van der Waals surface area (Å²) >= 11 is 12.4. The van der Waals surface area contributed by atoms with Crippen LogP contribution in [0.3, 0.4) is 0 Å². The predicted molar refractivity (Wildman–Crippen MR) is 131 cm³/mol. The second-order valence-electron chi connectivity index (χ2n) is 9.45. The van der Waals surface area contributed by atoms with Crippen molar-refractivity contribution < 1.29 is 19.4 Å². The fourth-order valence-corrected chi connectivity index (χ4v) is 5.97.